The number of hydrogen-bond acceptors (Lipinski definition) is 2. The van der Waals surface area contributed by atoms with Crippen molar-refractivity contribution in [3.63, 3.8) is 0 Å². The predicted octanol–water partition coefficient (Wildman–Crippen LogP) is 0.405. The van der Waals surface area contributed by atoms with Gasteiger partial charge in [0, 0.05) is 0 Å². The van der Waals surface area contributed by atoms with E-state index in [2.05, 4.69) is 0 Å². The van der Waals surface area contributed by atoms with E-state index in [4.69, 9.17) is 11.3 Å². The van der Waals surface area contributed by atoms with E-state index in [0.29, 0.717) is 4.36 Å². The summed E-state index contributed by atoms with van der Waals surface area (Å²) in [5, 5.41) is 7.51. The van der Waals surface area contributed by atoms with Gasteiger partial charge in [-0.3, -0.25) is 0 Å². The number of nitrogens with zero attached hydrogens (tertiary/aromatic N) is 1. The fourth-order valence-corrected chi connectivity index (χ4v) is 2.59. The van der Waals surface area contributed by atoms with Crippen molar-refractivity contribution in [2.45, 2.75) is 0 Å². The summed E-state index contributed by atoms with van der Waals surface area (Å²) in [5.41, 5.74) is 2.03. The Kier molecular flexibility index (Phi) is 2.08. The number of nitrogens with one attached hydrogen (secondary N) is 1. The number of aromatic nitrogens is 1. The van der Waals surface area contributed by atoms with Crippen LogP contribution in [0, 0.1) is 5.41 Å². The van der Waals surface area contributed by atoms with Gasteiger partial charge in [0.15, 0.2) is 0 Å². The van der Waals surface area contributed by atoms with E-state index < -0.39 is 0 Å². The van der Waals surface area contributed by atoms with Crippen LogP contribution < -0.4 is 10.2 Å². The molecule has 13 heavy (non-hydrogen) atoms. The Balaban J connectivity index is 2.60. The maximum absolute atomic E-state index is 7.51. The zero-order valence-electron chi connectivity index (χ0n) is 6.90. The zero-order valence-corrected chi connectivity index (χ0v) is 8.61. The molecule has 0 aliphatic rings. The van der Waals surface area contributed by atoms with Crippen LogP contribution in [0.3, 0.4) is 0 Å². The van der Waals surface area contributed by atoms with E-state index in [0.717, 1.165) is 11.3 Å². The van der Waals surface area contributed by atoms with Gasteiger partial charge in [-0.15, -0.1) is 0 Å². The summed E-state index contributed by atoms with van der Waals surface area (Å²) in [4.78, 5) is 2.03. The van der Waals surface area contributed by atoms with Gasteiger partial charge in [0.2, 0.25) is 0 Å². The molecule has 1 heterocycles. The van der Waals surface area contributed by atoms with E-state index in [1.165, 1.54) is 4.68 Å². The number of nitrogens with two attached hydrogens (primary N) is 1. The average molecular weight is 238 g/mol. The molecular weight excluding hydrogens is 229 g/mol. The zero-order chi connectivity index (χ0) is 9.26. The van der Waals surface area contributed by atoms with Crippen molar-refractivity contribution in [2.75, 3.05) is 5.84 Å². The monoisotopic (exact) mass is 239 g/mol. The van der Waals surface area contributed by atoms with Crippen LogP contribution in [0.4, 0.5) is 0 Å². The van der Waals surface area contributed by atoms with Crippen molar-refractivity contribution in [1.29, 1.82) is 5.41 Å². The molecule has 0 aliphatic heterocycles. The predicted molar refractivity (Wildman–Crippen MR) is 52.8 cm³/mol. The molecule has 0 saturated carbocycles. The van der Waals surface area contributed by atoms with Crippen molar-refractivity contribution in [2.24, 2.45) is 0 Å². The SMILES string of the molecule is N=c1[se]cc(-c2ccccc2)n1N. The third-order valence-electron chi connectivity index (χ3n) is 1.83. The van der Waals surface area contributed by atoms with Gasteiger partial charge >= 0.3 is 81.3 Å². The minimum absolute atomic E-state index is 0.0971. The van der Waals surface area contributed by atoms with Gasteiger partial charge in [-0.1, -0.05) is 0 Å². The van der Waals surface area contributed by atoms with Crippen molar-refractivity contribution in [3.8, 4) is 11.3 Å². The third kappa shape index (κ3) is 1.46. The van der Waals surface area contributed by atoms with Crippen LogP contribution in [0.5, 0.6) is 0 Å². The van der Waals surface area contributed by atoms with Crippen LogP contribution in [0.25, 0.3) is 11.3 Å². The summed E-state index contributed by atoms with van der Waals surface area (Å²) in [6, 6.07) is 9.91. The number of benzene rings is 1. The molecule has 2 aromatic rings. The molecule has 1 aromatic heterocycles. The second-order valence-corrected chi connectivity index (χ2v) is 4.46. The van der Waals surface area contributed by atoms with Gasteiger partial charge in [-0.05, 0) is 0 Å². The standard InChI is InChI=1S/C9H9N3Se/c10-9-12(11)8(6-13-9)7-4-2-1-3-5-7/h1-6,10H,11H2. The van der Waals surface area contributed by atoms with Crippen molar-refractivity contribution < 1.29 is 0 Å². The van der Waals surface area contributed by atoms with Gasteiger partial charge in [0.25, 0.3) is 0 Å². The van der Waals surface area contributed by atoms with E-state index >= 15 is 0 Å². The maximum atomic E-state index is 7.51. The molecule has 4 heteroatoms. The summed E-state index contributed by atoms with van der Waals surface area (Å²) >= 11 is 0.0971. The van der Waals surface area contributed by atoms with Crippen LogP contribution in [-0.2, 0) is 0 Å². The molecule has 2 rings (SSSR count). The third-order valence-corrected chi connectivity index (χ3v) is 3.43. The first kappa shape index (κ1) is 8.35. The van der Waals surface area contributed by atoms with Crippen LogP contribution >= 0.6 is 0 Å². The van der Waals surface area contributed by atoms with Gasteiger partial charge in [0.05, 0.1) is 0 Å². The van der Waals surface area contributed by atoms with Gasteiger partial charge in [0.1, 0.15) is 0 Å². The summed E-state index contributed by atoms with van der Waals surface area (Å²) in [6.45, 7) is 0. The molecule has 0 unspecified atom stereocenters. The van der Waals surface area contributed by atoms with Crippen LogP contribution in [0.2, 0.25) is 0 Å². The molecule has 66 valence electrons. The summed E-state index contributed by atoms with van der Waals surface area (Å²) < 4.78 is 1.96. The summed E-state index contributed by atoms with van der Waals surface area (Å²) in [6.07, 6.45) is 0. The fraction of sp³-hybridized carbons (Fsp3) is 0. The summed E-state index contributed by atoms with van der Waals surface area (Å²) in [7, 11) is 0. The van der Waals surface area contributed by atoms with E-state index in [1.807, 2.05) is 35.3 Å². The molecular formula is C9H9N3Se. The Morgan fingerprint density at radius 2 is 1.92 bits per heavy atom. The summed E-state index contributed by atoms with van der Waals surface area (Å²) in [5.74, 6) is 5.71. The number of hydrogen-bond donors (Lipinski definition) is 2. The minimum atomic E-state index is 0.0971. The molecule has 0 fully saturated rings. The normalized spacial score (nSPS) is 10.2. The van der Waals surface area contributed by atoms with Crippen LogP contribution in [0.15, 0.2) is 35.3 Å². The quantitative estimate of drug-likeness (QED) is 0.548. The fourth-order valence-electron chi connectivity index (χ4n) is 1.15. The molecule has 3 N–H and O–H groups in total. The topological polar surface area (TPSA) is 54.8 Å². The number of rotatable bonds is 1. The second-order valence-electron chi connectivity index (χ2n) is 2.66. The van der Waals surface area contributed by atoms with Gasteiger partial charge < -0.3 is 0 Å². The average Bonchev–Trinajstić information content (AvgIpc) is 2.49. The number of nitrogen functional groups attached to an aromatic ring is 1. The Bertz CT molecular complexity index is 455. The van der Waals surface area contributed by atoms with Gasteiger partial charge in [-0.25, -0.2) is 0 Å². The first-order chi connectivity index (χ1) is 6.29. The first-order valence-electron chi connectivity index (χ1n) is 3.84. The Morgan fingerprint density at radius 3 is 2.46 bits per heavy atom. The Morgan fingerprint density at radius 1 is 1.23 bits per heavy atom. The van der Waals surface area contributed by atoms with Crippen LogP contribution in [-0.4, -0.2) is 19.2 Å². The molecule has 0 bridgehead atoms. The molecule has 1 aromatic carbocycles. The van der Waals surface area contributed by atoms with E-state index in [-0.39, 0.29) is 14.5 Å². The Hall–Kier alpha value is -1.25. The molecule has 0 spiro atoms. The van der Waals surface area contributed by atoms with E-state index in [1.54, 1.807) is 0 Å². The molecule has 0 aliphatic carbocycles. The molecule has 0 atom stereocenters. The van der Waals surface area contributed by atoms with Crippen LogP contribution in [0.1, 0.15) is 0 Å². The van der Waals surface area contributed by atoms with Crippen molar-refractivity contribution in [1.82, 2.24) is 4.68 Å². The van der Waals surface area contributed by atoms with Gasteiger partial charge in [-0.2, -0.15) is 0 Å². The molecule has 3 nitrogen and oxygen atoms in total. The van der Waals surface area contributed by atoms with Crippen molar-refractivity contribution >= 4 is 14.5 Å². The first-order valence-corrected chi connectivity index (χ1v) is 5.69. The molecule has 0 saturated heterocycles. The van der Waals surface area contributed by atoms with Crippen molar-refractivity contribution in [3.05, 3.63) is 39.6 Å². The Labute approximate surface area is 81.7 Å². The molecule has 0 amide bonds. The second kappa shape index (κ2) is 3.24. The molecule has 0 radical (unpaired) electrons. The van der Waals surface area contributed by atoms with E-state index in [9.17, 15) is 0 Å².